The van der Waals surface area contributed by atoms with Crippen molar-refractivity contribution < 1.29 is 14.7 Å². The van der Waals surface area contributed by atoms with E-state index in [1.54, 1.807) is 21.0 Å². The van der Waals surface area contributed by atoms with Crippen LogP contribution in [0.2, 0.25) is 0 Å². The first kappa shape index (κ1) is 11.9. The highest BCUT2D eigenvalue weighted by Gasteiger charge is 2.19. The maximum Gasteiger partial charge on any atom is 0.320 e. The number of nitrogens with zero attached hydrogens (tertiary/aromatic N) is 1. The van der Waals surface area contributed by atoms with Crippen LogP contribution in [-0.4, -0.2) is 48.1 Å². The summed E-state index contributed by atoms with van der Waals surface area (Å²) in [6, 6.07) is -1.18. The first-order chi connectivity index (χ1) is 5.86. The van der Waals surface area contributed by atoms with E-state index in [-0.39, 0.29) is 5.91 Å². The molecule has 2 atom stereocenters. The van der Waals surface area contributed by atoms with Crippen molar-refractivity contribution in [1.82, 2.24) is 10.2 Å². The molecule has 76 valence electrons. The van der Waals surface area contributed by atoms with Gasteiger partial charge >= 0.3 is 5.97 Å². The first-order valence-corrected chi connectivity index (χ1v) is 4.06. The average molecular weight is 188 g/mol. The number of hydrogen-bond donors (Lipinski definition) is 2. The Morgan fingerprint density at radius 2 is 1.69 bits per heavy atom. The Morgan fingerprint density at radius 3 is 2.00 bits per heavy atom. The average Bonchev–Trinajstić information content (AvgIpc) is 2.02. The molecule has 5 heteroatoms. The van der Waals surface area contributed by atoms with Gasteiger partial charge in [0.15, 0.2) is 0 Å². The summed E-state index contributed by atoms with van der Waals surface area (Å²) in [5.74, 6) is -1.09. The van der Waals surface area contributed by atoms with Gasteiger partial charge in [0.1, 0.15) is 6.04 Å². The molecule has 0 aliphatic heterocycles. The lowest BCUT2D eigenvalue weighted by Gasteiger charge is -2.19. The van der Waals surface area contributed by atoms with E-state index >= 15 is 0 Å². The predicted octanol–water partition coefficient (Wildman–Crippen LogP) is -0.474. The zero-order chi connectivity index (χ0) is 10.6. The van der Waals surface area contributed by atoms with Crippen molar-refractivity contribution >= 4 is 11.9 Å². The van der Waals surface area contributed by atoms with Crippen LogP contribution >= 0.6 is 0 Å². The number of amides is 1. The molecule has 2 unspecified atom stereocenters. The van der Waals surface area contributed by atoms with E-state index in [0.717, 1.165) is 0 Å². The smallest absolute Gasteiger partial charge is 0.320 e. The molecule has 0 aliphatic rings. The number of rotatable bonds is 4. The Kier molecular flexibility index (Phi) is 4.40. The van der Waals surface area contributed by atoms with Gasteiger partial charge in [0.25, 0.3) is 0 Å². The first-order valence-electron chi connectivity index (χ1n) is 4.06. The minimum Gasteiger partial charge on any atom is -0.480 e. The van der Waals surface area contributed by atoms with Gasteiger partial charge in [0.05, 0.1) is 6.04 Å². The quantitative estimate of drug-likeness (QED) is 0.625. The predicted molar refractivity (Wildman–Crippen MR) is 48.4 cm³/mol. The van der Waals surface area contributed by atoms with Gasteiger partial charge in [-0.2, -0.15) is 0 Å². The maximum atomic E-state index is 11.3. The lowest BCUT2D eigenvalue weighted by Crippen LogP contribution is -2.47. The molecule has 0 saturated heterocycles. The molecule has 0 spiro atoms. The molecule has 1 amide bonds. The lowest BCUT2D eigenvalue weighted by molar-refractivity contribution is -0.139. The minimum atomic E-state index is -0.960. The molecule has 0 fully saturated rings. The van der Waals surface area contributed by atoms with Crippen molar-refractivity contribution in [3.63, 3.8) is 0 Å². The number of carboxylic acids is 1. The Labute approximate surface area is 77.7 Å². The molecule has 0 bridgehead atoms. The van der Waals surface area contributed by atoms with Gasteiger partial charge < -0.3 is 10.0 Å². The Balaban J connectivity index is 4.07. The van der Waals surface area contributed by atoms with Crippen LogP contribution in [-0.2, 0) is 9.59 Å². The van der Waals surface area contributed by atoms with Crippen molar-refractivity contribution in [2.45, 2.75) is 25.9 Å². The Bertz CT molecular complexity index is 204. The molecular weight excluding hydrogens is 172 g/mol. The van der Waals surface area contributed by atoms with Crippen molar-refractivity contribution in [2.75, 3.05) is 14.1 Å². The second-order valence-electron chi connectivity index (χ2n) is 3.18. The third kappa shape index (κ3) is 3.89. The summed E-state index contributed by atoms with van der Waals surface area (Å²) in [6.45, 7) is 3.14. The van der Waals surface area contributed by atoms with Crippen LogP contribution in [0.15, 0.2) is 0 Å². The summed E-state index contributed by atoms with van der Waals surface area (Å²) in [5, 5.41) is 11.2. The number of carbonyl (C=O) groups is 2. The van der Waals surface area contributed by atoms with Gasteiger partial charge in [-0.25, -0.2) is 0 Å². The fourth-order valence-electron chi connectivity index (χ4n) is 0.905. The molecule has 0 rings (SSSR count). The number of hydrogen-bond acceptors (Lipinski definition) is 3. The lowest BCUT2D eigenvalue weighted by atomic mass is 10.2. The van der Waals surface area contributed by atoms with Gasteiger partial charge in [-0.3, -0.25) is 14.9 Å². The number of carbonyl (C=O) groups excluding carboxylic acids is 1. The molecule has 5 nitrogen and oxygen atoms in total. The van der Waals surface area contributed by atoms with Crippen molar-refractivity contribution in [2.24, 2.45) is 0 Å². The van der Waals surface area contributed by atoms with E-state index < -0.39 is 18.1 Å². The van der Waals surface area contributed by atoms with E-state index in [2.05, 4.69) is 5.32 Å². The minimum absolute atomic E-state index is 0.131. The van der Waals surface area contributed by atoms with Crippen LogP contribution < -0.4 is 5.32 Å². The Morgan fingerprint density at radius 1 is 1.23 bits per heavy atom. The third-order valence-electron chi connectivity index (χ3n) is 1.68. The normalized spacial score (nSPS) is 14.8. The van der Waals surface area contributed by atoms with Crippen LogP contribution in [0.1, 0.15) is 13.8 Å². The zero-order valence-electron chi connectivity index (χ0n) is 8.37. The van der Waals surface area contributed by atoms with Crippen LogP contribution in [0.4, 0.5) is 0 Å². The second-order valence-corrected chi connectivity index (χ2v) is 3.18. The molecule has 2 N–H and O–H groups in total. The van der Waals surface area contributed by atoms with Crippen LogP contribution in [0.5, 0.6) is 0 Å². The fourth-order valence-corrected chi connectivity index (χ4v) is 0.905. The highest BCUT2D eigenvalue weighted by Crippen LogP contribution is 1.91. The van der Waals surface area contributed by atoms with Gasteiger partial charge in [-0.05, 0) is 13.8 Å². The number of carboxylic acid groups (broad SMARTS) is 1. The van der Waals surface area contributed by atoms with Crippen LogP contribution in [0, 0.1) is 0 Å². The van der Waals surface area contributed by atoms with Crippen LogP contribution in [0.3, 0.4) is 0 Å². The van der Waals surface area contributed by atoms with Gasteiger partial charge in [0, 0.05) is 14.1 Å². The van der Waals surface area contributed by atoms with E-state index in [4.69, 9.17) is 5.11 Å². The van der Waals surface area contributed by atoms with Crippen molar-refractivity contribution in [1.29, 1.82) is 0 Å². The zero-order valence-corrected chi connectivity index (χ0v) is 8.37. The molecular formula is C8H16N2O3. The molecule has 0 radical (unpaired) electrons. The van der Waals surface area contributed by atoms with E-state index in [1.807, 2.05) is 0 Å². The standard InChI is InChI=1S/C8H16N2O3/c1-5(7(11)10(3)4)9-6(2)8(12)13/h5-6,9H,1-4H3,(H,12,13). The molecule has 0 heterocycles. The molecule has 0 aromatic heterocycles. The second kappa shape index (κ2) is 4.81. The number of likely N-dealkylation sites (N-methyl/N-ethyl adjacent to an activating group) is 1. The summed E-state index contributed by atoms with van der Waals surface area (Å²) in [4.78, 5) is 23.1. The largest absolute Gasteiger partial charge is 0.480 e. The molecule has 0 aromatic rings. The summed E-state index contributed by atoms with van der Waals surface area (Å²) < 4.78 is 0. The van der Waals surface area contributed by atoms with Crippen molar-refractivity contribution in [3.05, 3.63) is 0 Å². The Hall–Kier alpha value is -1.10. The van der Waals surface area contributed by atoms with E-state index in [0.29, 0.717) is 0 Å². The van der Waals surface area contributed by atoms with Crippen LogP contribution in [0.25, 0.3) is 0 Å². The third-order valence-corrected chi connectivity index (χ3v) is 1.68. The van der Waals surface area contributed by atoms with Gasteiger partial charge in [-0.1, -0.05) is 0 Å². The van der Waals surface area contributed by atoms with Gasteiger partial charge in [-0.15, -0.1) is 0 Å². The summed E-state index contributed by atoms with van der Waals surface area (Å²) in [7, 11) is 3.26. The summed E-state index contributed by atoms with van der Waals surface area (Å²) in [5.41, 5.74) is 0. The maximum absolute atomic E-state index is 11.3. The number of nitrogens with one attached hydrogen (secondary N) is 1. The number of aliphatic carboxylic acids is 1. The van der Waals surface area contributed by atoms with E-state index in [9.17, 15) is 9.59 Å². The monoisotopic (exact) mass is 188 g/mol. The molecule has 13 heavy (non-hydrogen) atoms. The fraction of sp³-hybridized carbons (Fsp3) is 0.750. The highest BCUT2D eigenvalue weighted by molar-refractivity contribution is 5.82. The topological polar surface area (TPSA) is 69.6 Å². The molecule has 0 aliphatic carbocycles. The molecule has 0 aromatic carbocycles. The summed E-state index contributed by atoms with van der Waals surface area (Å²) in [6.07, 6.45) is 0. The van der Waals surface area contributed by atoms with E-state index in [1.165, 1.54) is 11.8 Å². The van der Waals surface area contributed by atoms with Crippen molar-refractivity contribution in [3.8, 4) is 0 Å². The highest BCUT2D eigenvalue weighted by atomic mass is 16.4. The summed E-state index contributed by atoms with van der Waals surface area (Å²) >= 11 is 0. The molecule has 0 saturated carbocycles. The SMILES string of the molecule is CC(NC(C)C(=O)N(C)C)C(=O)O. The van der Waals surface area contributed by atoms with Gasteiger partial charge in [0.2, 0.25) is 5.91 Å².